The van der Waals surface area contributed by atoms with E-state index in [1.807, 2.05) is 36.4 Å². The van der Waals surface area contributed by atoms with Gasteiger partial charge in [-0.05, 0) is 16.8 Å². The highest BCUT2D eigenvalue weighted by molar-refractivity contribution is 7.95. The molecule has 0 aliphatic carbocycles. The predicted molar refractivity (Wildman–Crippen MR) is 82.9 cm³/mol. The number of carbonyl (C=O) groups is 1. The molecule has 1 atom stereocenters. The summed E-state index contributed by atoms with van der Waals surface area (Å²) in [4.78, 5) is 18.2. The molecule has 0 radical (unpaired) electrons. The highest BCUT2D eigenvalue weighted by Gasteiger charge is 2.24. The zero-order valence-electron chi connectivity index (χ0n) is 11.2. The zero-order chi connectivity index (χ0) is 14.8. The average Bonchev–Trinajstić information content (AvgIpc) is 2.53. The molecule has 0 saturated carbocycles. The molecule has 6 heteroatoms. The van der Waals surface area contributed by atoms with Crippen molar-refractivity contribution in [3.63, 3.8) is 0 Å². The van der Waals surface area contributed by atoms with Gasteiger partial charge in [0.25, 0.3) is 5.91 Å². The predicted octanol–water partition coefficient (Wildman–Crippen LogP) is 1.92. The maximum absolute atomic E-state index is 12.7. The number of nitrogens with zero attached hydrogens (tertiary/aromatic N) is 2. The van der Waals surface area contributed by atoms with Crippen LogP contribution in [0.25, 0.3) is 10.8 Å². The van der Waals surface area contributed by atoms with Crippen LogP contribution in [0.3, 0.4) is 0 Å². The van der Waals surface area contributed by atoms with Crippen LogP contribution in [0.1, 0.15) is 10.4 Å². The Morgan fingerprint density at radius 3 is 2.76 bits per heavy atom. The zero-order valence-corrected chi connectivity index (χ0v) is 12.0. The molecule has 1 N–H and O–H groups in total. The minimum Gasteiger partial charge on any atom is -0.330 e. The van der Waals surface area contributed by atoms with Crippen molar-refractivity contribution in [3.8, 4) is 0 Å². The number of amides is 1. The molecule has 2 aromatic rings. The summed E-state index contributed by atoms with van der Waals surface area (Å²) < 4.78 is 20.2. The number of aliphatic imine (C=N–C) groups is 1. The van der Waals surface area contributed by atoms with Crippen molar-refractivity contribution in [2.24, 2.45) is 4.99 Å². The molecule has 1 amide bonds. The SMILES string of the molecule is O=C(c1cccc2ccccc12)N1CCN=C(S(=O)O)C1. The van der Waals surface area contributed by atoms with Crippen LogP contribution >= 0.6 is 0 Å². The Morgan fingerprint density at radius 2 is 1.95 bits per heavy atom. The number of carbonyl (C=O) groups excluding carboxylic acids is 1. The summed E-state index contributed by atoms with van der Waals surface area (Å²) in [5.41, 5.74) is 0.609. The van der Waals surface area contributed by atoms with Crippen LogP contribution in [0, 0.1) is 0 Å². The van der Waals surface area contributed by atoms with Gasteiger partial charge in [-0.15, -0.1) is 0 Å². The first-order valence-corrected chi connectivity index (χ1v) is 7.69. The molecule has 0 bridgehead atoms. The van der Waals surface area contributed by atoms with Crippen molar-refractivity contribution in [1.29, 1.82) is 0 Å². The summed E-state index contributed by atoms with van der Waals surface area (Å²) in [5, 5.41) is 2.04. The van der Waals surface area contributed by atoms with Crippen molar-refractivity contribution in [3.05, 3.63) is 48.0 Å². The Labute approximate surface area is 124 Å². The van der Waals surface area contributed by atoms with E-state index in [1.165, 1.54) is 0 Å². The maximum atomic E-state index is 12.7. The summed E-state index contributed by atoms with van der Waals surface area (Å²) in [6.07, 6.45) is 0. The molecule has 0 spiro atoms. The standard InChI is InChI=1S/C15H14N2O3S/c18-15(17-9-8-16-14(10-17)21(19)20)13-7-3-5-11-4-1-2-6-12(11)13/h1-7H,8-10H2,(H,19,20). The van der Waals surface area contributed by atoms with Gasteiger partial charge in [0.15, 0.2) is 0 Å². The summed E-state index contributed by atoms with van der Waals surface area (Å²) in [6, 6.07) is 13.3. The van der Waals surface area contributed by atoms with Gasteiger partial charge in [-0.2, -0.15) is 0 Å². The van der Waals surface area contributed by atoms with Gasteiger partial charge in [0.1, 0.15) is 5.04 Å². The molecule has 0 aromatic heterocycles. The highest BCUT2D eigenvalue weighted by Crippen LogP contribution is 2.20. The van der Waals surface area contributed by atoms with E-state index in [0.717, 1.165) is 10.8 Å². The van der Waals surface area contributed by atoms with E-state index in [0.29, 0.717) is 18.7 Å². The fourth-order valence-corrected chi connectivity index (χ4v) is 2.92. The second-order valence-electron chi connectivity index (χ2n) is 4.78. The van der Waals surface area contributed by atoms with Crippen molar-refractivity contribution in [2.45, 2.75) is 0 Å². The minimum absolute atomic E-state index is 0.102. The van der Waals surface area contributed by atoms with Crippen LogP contribution in [0.5, 0.6) is 0 Å². The summed E-state index contributed by atoms with van der Waals surface area (Å²) >= 11 is -2.12. The molecule has 1 aliphatic rings. The van der Waals surface area contributed by atoms with E-state index in [4.69, 9.17) is 4.55 Å². The molecule has 3 rings (SSSR count). The highest BCUT2D eigenvalue weighted by atomic mass is 32.2. The van der Waals surface area contributed by atoms with Crippen LogP contribution in [-0.2, 0) is 11.1 Å². The Bertz CT molecular complexity index is 752. The van der Waals surface area contributed by atoms with Gasteiger partial charge in [-0.3, -0.25) is 9.79 Å². The Balaban J connectivity index is 1.95. The van der Waals surface area contributed by atoms with E-state index in [9.17, 15) is 9.00 Å². The molecule has 0 fully saturated rings. The molecule has 108 valence electrons. The van der Waals surface area contributed by atoms with Crippen LogP contribution < -0.4 is 0 Å². The maximum Gasteiger partial charge on any atom is 0.254 e. The Kier molecular flexibility index (Phi) is 3.81. The third-order valence-electron chi connectivity index (χ3n) is 3.49. The minimum atomic E-state index is -2.12. The van der Waals surface area contributed by atoms with Gasteiger partial charge in [-0.1, -0.05) is 36.4 Å². The number of hydrogen-bond acceptors (Lipinski definition) is 3. The smallest absolute Gasteiger partial charge is 0.254 e. The van der Waals surface area contributed by atoms with Gasteiger partial charge in [0.05, 0.1) is 13.1 Å². The first-order chi connectivity index (χ1) is 10.2. The average molecular weight is 302 g/mol. The van der Waals surface area contributed by atoms with Crippen LogP contribution in [-0.4, -0.2) is 44.2 Å². The molecular formula is C15H14N2O3S. The number of hydrogen-bond donors (Lipinski definition) is 1. The van der Waals surface area contributed by atoms with E-state index in [-0.39, 0.29) is 17.5 Å². The molecule has 1 heterocycles. The summed E-state index contributed by atoms with van der Waals surface area (Å²) in [7, 11) is 0. The molecule has 1 aliphatic heterocycles. The van der Waals surface area contributed by atoms with Crippen LogP contribution in [0.4, 0.5) is 0 Å². The van der Waals surface area contributed by atoms with Crippen molar-refractivity contribution in [2.75, 3.05) is 19.6 Å². The van der Waals surface area contributed by atoms with Crippen LogP contribution in [0.15, 0.2) is 47.5 Å². The lowest BCUT2D eigenvalue weighted by Crippen LogP contribution is -2.42. The first-order valence-electron chi connectivity index (χ1n) is 6.58. The van der Waals surface area contributed by atoms with E-state index in [1.54, 1.807) is 11.0 Å². The third kappa shape index (κ3) is 2.72. The fourth-order valence-electron chi connectivity index (χ4n) is 2.45. The lowest BCUT2D eigenvalue weighted by atomic mass is 10.0. The molecule has 21 heavy (non-hydrogen) atoms. The Morgan fingerprint density at radius 1 is 1.19 bits per heavy atom. The quantitative estimate of drug-likeness (QED) is 0.818. The summed E-state index contributed by atoms with van der Waals surface area (Å²) in [5.74, 6) is -0.135. The molecule has 5 nitrogen and oxygen atoms in total. The normalized spacial score (nSPS) is 16.6. The fraction of sp³-hybridized carbons (Fsp3) is 0.200. The van der Waals surface area contributed by atoms with E-state index < -0.39 is 11.1 Å². The van der Waals surface area contributed by atoms with Crippen LogP contribution in [0.2, 0.25) is 0 Å². The number of benzene rings is 2. The Hall–Kier alpha value is -2.05. The largest absolute Gasteiger partial charge is 0.330 e. The molecule has 0 saturated heterocycles. The lowest BCUT2D eigenvalue weighted by molar-refractivity contribution is 0.0782. The van der Waals surface area contributed by atoms with Crippen molar-refractivity contribution >= 4 is 32.8 Å². The summed E-state index contributed by atoms with van der Waals surface area (Å²) in [6.45, 7) is 0.923. The molecule has 1 unspecified atom stereocenters. The van der Waals surface area contributed by atoms with E-state index in [2.05, 4.69) is 4.99 Å². The van der Waals surface area contributed by atoms with Crippen molar-refractivity contribution < 1.29 is 13.6 Å². The van der Waals surface area contributed by atoms with Gasteiger partial charge < -0.3 is 9.45 Å². The number of fused-ring (bicyclic) bond motifs is 1. The van der Waals surface area contributed by atoms with Gasteiger partial charge in [0.2, 0.25) is 11.1 Å². The first kappa shape index (κ1) is 13.9. The van der Waals surface area contributed by atoms with Crippen molar-refractivity contribution in [1.82, 2.24) is 4.90 Å². The molecular weight excluding hydrogens is 288 g/mol. The topological polar surface area (TPSA) is 70.0 Å². The monoisotopic (exact) mass is 302 g/mol. The third-order valence-corrected chi connectivity index (χ3v) is 4.15. The second-order valence-corrected chi connectivity index (χ2v) is 5.75. The molecule has 2 aromatic carbocycles. The van der Waals surface area contributed by atoms with Gasteiger partial charge in [0, 0.05) is 12.1 Å². The second kappa shape index (κ2) is 5.75. The lowest BCUT2D eigenvalue weighted by Gasteiger charge is -2.25. The van der Waals surface area contributed by atoms with Gasteiger partial charge in [-0.25, -0.2) is 4.21 Å². The van der Waals surface area contributed by atoms with E-state index >= 15 is 0 Å². The number of rotatable bonds is 1. The van der Waals surface area contributed by atoms with Gasteiger partial charge >= 0.3 is 0 Å².